The average molecular weight is 591 g/mol. The summed E-state index contributed by atoms with van der Waals surface area (Å²) >= 11 is 2.40. The number of carboxylic acids is 2. The Labute approximate surface area is 236 Å². The zero-order chi connectivity index (χ0) is 29.0. The standard InChI is InChI=1S/C24H27N7O7S2/c1-11-14-5-4-6-31(14,10-26-11)7-12-8-39-20-16(19(33)30(20)17(12)21(34)35)28-18(32)15(13-9-40-23(25)27-13)29-38-24(2,3)22(36)37/h9-10,16,20H,4-8H2,1-3H3,(H4-,25,27,28,32,34,35,36,37)/p+1/b29-15-/t16-,20-,31?/m1/s1. The lowest BCUT2D eigenvalue weighted by Gasteiger charge is -2.49. The molecule has 1 aromatic heterocycles. The zero-order valence-electron chi connectivity index (χ0n) is 21.9. The number of anilines is 1. The summed E-state index contributed by atoms with van der Waals surface area (Å²) in [6.07, 6.45) is 3.74. The minimum Gasteiger partial charge on any atom is -0.478 e. The first-order chi connectivity index (χ1) is 18.8. The molecule has 2 saturated heterocycles. The van der Waals surface area contributed by atoms with E-state index >= 15 is 0 Å². The Balaban J connectivity index is 1.37. The van der Waals surface area contributed by atoms with Gasteiger partial charge in [0, 0.05) is 29.5 Å². The first-order valence-corrected chi connectivity index (χ1v) is 14.3. The normalized spacial score (nSPS) is 26.0. The first kappa shape index (κ1) is 27.8. The summed E-state index contributed by atoms with van der Waals surface area (Å²) in [7, 11) is 0. The highest BCUT2D eigenvalue weighted by molar-refractivity contribution is 8.00. The molecule has 16 heteroatoms. The molecule has 5 rings (SSSR count). The van der Waals surface area contributed by atoms with Crippen molar-refractivity contribution in [3.8, 4) is 0 Å². The van der Waals surface area contributed by atoms with Gasteiger partial charge in [-0.05, 0) is 20.8 Å². The number of hydrogen-bond acceptors (Lipinski definition) is 11. The lowest BCUT2D eigenvalue weighted by Crippen LogP contribution is -2.71. The molecule has 1 unspecified atom stereocenters. The van der Waals surface area contributed by atoms with Crippen molar-refractivity contribution in [2.24, 2.45) is 10.1 Å². The van der Waals surface area contributed by atoms with Gasteiger partial charge in [-0.1, -0.05) is 5.16 Å². The number of fused-ring (bicyclic) bond motifs is 2. The van der Waals surface area contributed by atoms with Crippen LogP contribution in [0.25, 0.3) is 0 Å². The number of thioether (sulfide) groups is 1. The van der Waals surface area contributed by atoms with Crippen LogP contribution < -0.4 is 11.1 Å². The van der Waals surface area contributed by atoms with Crippen molar-refractivity contribution in [3.05, 3.63) is 33.7 Å². The summed E-state index contributed by atoms with van der Waals surface area (Å²) in [6, 6.07) is -1.04. The number of allylic oxidation sites excluding steroid dienone is 2. The second-order valence-electron chi connectivity index (χ2n) is 10.3. The van der Waals surface area contributed by atoms with Crippen LogP contribution in [0, 0.1) is 0 Å². The monoisotopic (exact) mass is 590 g/mol. The van der Waals surface area contributed by atoms with E-state index in [4.69, 9.17) is 10.6 Å². The number of nitrogens with two attached hydrogens (primary N) is 1. The SMILES string of the molecule is CC1=C2CCC[N+]2(CC2=C(C(=O)O)N3C(=O)[C@@H](NC(=O)/C(=N\OC(C)(C)C(=O)O)c4csc(N)n4)[C@H]3SC2)C=N1. The molecule has 2 fully saturated rings. The Bertz CT molecular complexity index is 1450. The van der Waals surface area contributed by atoms with E-state index in [0.29, 0.717) is 22.4 Å². The van der Waals surface area contributed by atoms with Crippen LogP contribution in [-0.4, -0.2) is 96.2 Å². The number of carbonyl (C=O) groups is 4. The summed E-state index contributed by atoms with van der Waals surface area (Å²) in [5, 5.41) is 26.7. The van der Waals surface area contributed by atoms with Gasteiger partial charge in [0.2, 0.25) is 5.60 Å². The number of carboxylic acid groups (broad SMARTS) is 2. The number of quaternary nitrogens is 1. The number of rotatable bonds is 9. The lowest BCUT2D eigenvalue weighted by molar-refractivity contribution is -0.777. The highest BCUT2D eigenvalue weighted by Crippen LogP contribution is 2.43. The number of thiazole rings is 1. The molecule has 14 nitrogen and oxygen atoms in total. The molecule has 40 heavy (non-hydrogen) atoms. The third-order valence-electron chi connectivity index (χ3n) is 7.27. The Morgan fingerprint density at radius 3 is 2.75 bits per heavy atom. The number of hydrogen-bond donors (Lipinski definition) is 4. The molecular formula is C24H28N7O7S2+. The molecule has 4 aliphatic rings. The van der Waals surface area contributed by atoms with Crippen LogP contribution in [0.1, 0.15) is 39.3 Å². The minimum atomic E-state index is -1.75. The number of amides is 2. The summed E-state index contributed by atoms with van der Waals surface area (Å²) in [6.45, 7) is 5.70. The van der Waals surface area contributed by atoms with Crippen LogP contribution in [0.5, 0.6) is 0 Å². The summed E-state index contributed by atoms with van der Waals surface area (Å²) in [5.74, 6) is -3.57. The molecular weight excluding hydrogens is 562 g/mol. The van der Waals surface area contributed by atoms with E-state index in [-0.39, 0.29) is 22.2 Å². The van der Waals surface area contributed by atoms with Gasteiger partial charge in [-0.3, -0.25) is 14.5 Å². The molecule has 0 aromatic carbocycles. The number of β-lactam (4-membered cyclic amide) rings is 1. The molecule has 3 atom stereocenters. The molecule has 0 bridgehead atoms. The predicted molar refractivity (Wildman–Crippen MR) is 146 cm³/mol. The third kappa shape index (κ3) is 4.65. The van der Waals surface area contributed by atoms with E-state index in [9.17, 15) is 29.4 Å². The molecule has 0 spiro atoms. The number of oxime groups is 1. The van der Waals surface area contributed by atoms with Crippen molar-refractivity contribution in [2.45, 2.75) is 50.6 Å². The topological polar surface area (TPSA) is 197 Å². The quantitative estimate of drug-likeness (QED) is 0.139. The van der Waals surface area contributed by atoms with Gasteiger partial charge < -0.3 is 26.1 Å². The average Bonchev–Trinajstić information content (AvgIpc) is 3.58. The Morgan fingerprint density at radius 2 is 2.10 bits per heavy atom. The van der Waals surface area contributed by atoms with E-state index in [1.165, 1.54) is 41.6 Å². The van der Waals surface area contributed by atoms with Gasteiger partial charge in [0.05, 0.1) is 12.2 Å². The second-order valence-corrected chi connectivity index (χ2v) is 12.3. The first-order valence-electron chi connectivity index (χ1n) is 12.4. The van der Waals surface area contributed by atoms with Crippen molar-refractivity contribution in [1.82, 2.24) is 15.2 Å². The maximum absolute atomic E-state index is 13.3. The van der Waals surface area contributed by atoms with Crippen molar-refractivity contribution >= 4 is 64.0 Å². The molecule has 1 aromatic rings. The fourth-order valence-electron chi connectivity index (χ4n) is 5.16. The van der Waals surface area contributed by atoms with Crippen LogP contribution in [0.15, 0.2) is 38.2 Å². The molecule has 0 radical (unpaired) electrons. The van der Waals surface area contributed by atoms with Crippen LogP contribution in [0.4, 0.5) is 5.13 Å². The Hall–Kier alpha value is -3.76. The van der Waals surface area contributed by atoms with Gasteiger partial charge >= 0.3 is 11.9 Å². The van der Waals surface area contributed by atoms with Gasteiger partial charge in [-0.15, -0.1) is 23.1 Å². The van der Waals surface area contributed by atoms with Crippen molar-refractivity contribution in [1.29, 1.82) is 0 Å². The Kier molecular flexibility index (Phi) is 6.96. The van der Waals surface area contributed by atoms with Crippen LogP contribution in [0.3, 0.4) is 0 Å². The number of aromatic nitrogens is 1. The predicted octanol–water partition coefficient (Wildman–Crippen LogP) is 0.932. The van der Waals surface area contributed by atoms with Gasteiger partial charge in [0.15, 0.2) is 17.2 Å². The van der Waals surface area contributed by atoms with E-state index in [0.717, 1.165) is 36.4 Å². The summed E-state index contributed by atoms with van der Waals surface area (Å²) < 4.78 is 0.481. The maximum Gasteiger partial charge on any atom is 0.352 e. The van der Waals surface area contributed by atoms with Crippen LogP contribution in [-0.2, 0) is 24.0 Å². The van der Waals surface area contributed by atoms with Crippen LogP contribution >= 0.6 is 23.1 Å². The number of carbonyl (C=O) groups excluding carboxylic acids is 2. The fourth-order valence-corrected chi connectivity index (χ4v) is 7.04. The van der Waals surface area contributed by atoms with Crippen molar-refractivity contribution in [3.63, 3.8) is 0 Å². The van der Waals surface area contributed by atoms with E-state index in [1.807, 2.05) is 13.3 Å². The third-order valence-corrected chi connectivity index (χ3v) is 9.28. The zero-order valence-corrected chi connectivity index (χ0v) is 23.5. The van der Waals surface area contributed by atoms with E-state index < -0.39 is 40.8 Å². The van der Waals surface area contributed by atoms with Crippen molar-refractivity contribution in [2.75, 3.05) is 24.6 Å². The highest BCUT2D eigenvalue weighted by atomic mass is 32.2. The molecule has 5 heterocycles. The van der Waals surface area contributed by atoms with Gasteiger partial charge in [-0.25, -0.2) is 24.0 Å². The molecule has 0 aliphatic carbocycles. The van der Waals surface area contributed by atoms with Gasteiger partial charge in [0.1, 0.15) is 35.0 Å². The number of nitrogens with zero attached hydrogens (tertiary/aromatic N) is 5. The lowest BCUT2D eigenvalue weighted by atomic mass is 10.0. The maximum atomic E-state index is 13.3. The fraction of sp³-hybridized carbons (Fsp3) is 0.458. The second kappa shape index (κ2) is 10.0. The van der Waals surface area contributed by atoms with Gasteiger partial charge in [-0.2, -0.15) is 0 Å². The molecule has 0 saturated carbocycles. The number of nitrogen functional groups attached to an aromatic ring is 1. The Morgan fingerprint density at radius 1 is 1.35 bits per heavy atom. The van der Waals surface area contributed by atoms with E-state index in [2.05, 4.69) is 20.4 Å². The van der Waals surface area contributed by atoms with Gasteiger partial charge in [0.25, 0.3) is 11.8 Å². The molecule has 2 amide bonds. The highest BCUT2D eigenvalue weighted by Gasteiger charge is 2.56. The number of nitrogens with one attached hydrogen (secondary N) is 1. The number of aliphatic carboxylic acids is 2. The molecule has 5 N–H and O–H groups in total. The summed E-state index contributed by atoms with van der Waals surface area (Å²) in [4.78, 5) is 65.2. The largest absolute Gasteiger partial charge is 0.478 e. The molecule has 212 valence electrons. The van der Waals surface area contributed by atoms with E-state index in [1.54, 1.807) is 0 Å². The smallest absolute Gasteiger partial charge is 0.352 e. The van der Waals surface area contributed by atoms with Crippen molar-refractivity contribution < 1.29 is 38.7 Å². The number of aliphatic imine (C=N–C) groups is 1. The molecule has 4 aliphatic heterocycles. The minimum absolute atomic E-state index is 0.0421. The van der Waals surface area contributed by atoms with Crippen LogP contribution in [0.2, 0.25) is 0 Å². The summed E-state index contributed by atoms with van der Waals surface area (Å²) in [5.41, 5.74) is 6.32.